The van der Waals surface area contributed by atoms with Gasteiger partial charge in [-0.05, 0) is 6.92 Å². The third-order valence-corrected chi connectivity index (χ3v) is 3.08. The van der Waals surface area contributed by atoms with Gasteiger partial charge >= 0.3 is 0 Å². The number of alkyl halides is 1. The molecule has 6 heteroatoms. The van der Waals surface area contributed by atoms with Gasteiger partial charge < -0.3 is 0 Å². The molecule has 0 aliphatic heterocycles. The summed E-state index contributed by atoms with van der Waals surface area (Å²) < 4.78 is 0. The molecule has 0 aromatic carbocycles. The zero-order valence-electron chi connectivity index (χ0n) is 8.24. The minimum Gasteiger partial charge on any atom is -0.300 e. The molecule has 4 nitrogen and oxygen atoms in total. The lowest BCUT2D eigenvalue weighted by molar-refractivity contribution is -0.115. The molecule has 0 radical (unpaired) electrons. The quantitative estimate of drug-likeness (QED) is 0.864. The first-order chi connectivity index (χ1) is 6.50. The summed E-state index contributed by atoms with van der Waals surface area (Å²) in [7, 11) is 0. The molecule has 1 unspecified atom stereocenters. The van der Waals surface area contributed by atoms with Crippen LogP contribution in [0.2, 0.25) is 0 Å². The van der Waals surface area contributed by atoms with Gasteiger partial charge in [-0.15, -0.1) is 10.2 Å². The van der Waals surface area contributed by atoms with Crippen molar-refractivity contribution in [1.82, 2.24) is 10.2 Å². The Morgan fingerprint density at radius 3 is 2.50 bits per heavy atom. The van der Waals surface area contributed by atoms with Crippen LogP contribution >= 0.6 is 27.3 Å². The predicted molar refractivity (Wildman–Crippen MR) is 61.0 cm³/mol. The highest BCUT2D eigenvalue weighted by molar-refractivity contribution is 9.10. The van der Waals surface area contributed by atoms with E-state index in [4.69, 9.17) is 0 Å². The molecule has 1 aromatic heterocycles. The van der Waals surface area contributed by atoms with Gasteiger partial charge in [0.1, 0.15) is 5.01 Å². The zero-order chi connectivity index (χ0) is 10.7. The molecule has 0 spiro atoms. The molecule has 0 aliphatic rings. The van der Waals surface area contributed by atoms with Crippen molar-refractivity contribution in [3.05, 3.63) is 5.01 Å². The van der Waals surface area contributed by atoms with Gasteiger partial charge in [0.2, 0.25) is 11.0 Å². The second kappa shape index (κ2) is 4.84. The summed E-state index contributed by atoms with van der Waals surface area (Å²) >= 11 is 4.59. The number of halogens is 1. The molecule has 1 heterocycles. The summed E-state index contributed by atoms with van der Waals surface area (Å²) in [5.41, 5.74) is 0. The van der Waals surface area contributed by atoms with E-state index in [0.29, 0.717) is 11.0 Å². The molecule has 1 rings (SSSR count). The summed E-state index contributed by atoms with van der Waals surface area (Å²) in [4.78, 5) is 11.1. The number of amides is 1. The van der Waals surface area contributed by atoms with E-state index in [1.54, 1.807) is 6.92 Å². The Kier molecular flexibility index (Phi) is 4.00. The van der Waals surface area contributed by atoms with Gasteiger partial charge in [0, 0.05) is 5.92 Å². The van der Waals surface area contributed by atoms with Crippen LogP contribution in [0.15, 0.2) is 0 Å². The van der Waals surface area contributed by atoms with E-state index >= 15 is 0 Å². The number of nitrogens with one attached hydrogen (secondary N) is 1. The molecule has 1 atom stereocenters. The van der Waals surface area contributed by atoms with Crippen LogP contribution in [-0.2, 0) is 4.79 Å². The van der Waals surface area contributed by atoms with E-state index in [1.807, 2.05) is 13.8 Å². The number of hydrogen-bond acceptors (Lipinski definition) is 4. The molecular formula is C8H12BrN3OS. The van der Waals surface area contributed by atoms with Gasteiger partial charge in [0.05, 0.1) is 4.83 Å². The second-order valence-electron chi connectivity index (χ2n) is 3.21. The first-order valence-corrected chi connectivity index (χ1v) is 6.02. The van der Waals surface area contributed by atoms with E-state index in [9.17, 15) is 4.79 Å². The monoisotopic (exact) mass is 277 g/mol. The van der Waals surface area contributed by atoms with Crippen molar-refractivity contribution in [2.75, 3.05) is 5.32 Å². The Balaban J connectivity index is 2.64. The number of aromatic nitrogens is 2. The fourth-order valence-electron chi connectivity index (χ4n) is 0.723. The van der Waals surface area contributed by atoms with Crippen molar-refractivity contribution in [2.45, 2.75) is 31.5 Å². The maximum atomic E-state index is 11.3. The summed E-state index contributed by atoms with van der Waals surface area (Å²) in [6.07, 6.45) is 0. The number of carbonyl (C=O) groups excluding carboxylic acids is 1. The van der Waals surface area contributed by atoms with E-state index < -0.39 is 0 Å². The topological polar surface area (TPSA) is 54.9 Å². The Labute approximate surface area is 95.2 Å². The molecule has 0 fully saturated rings. The third kappa shape index (κ3) is 3.02. The Morgan fingerprint density at radius 2 is 2.07 bits per heavy atom. The summed E-state index contributed by atoms with van der Waals surface area (Å²) in [5.74, 6) is 0.246. The van der Waals surface area contributed by atoms with Crippen molar-refractivity contribution in [1.29, 1.82) is 0 Å². The summed E-state index contributed by atoms with van der Waals surface area (Å²) in [5, 5.41) is 12.0. The van der Waals surface area contributed by atoms with E-state index in [0.717, 1.165) is 5.01 Å². The summed E-state index contributed by atoms with van der Waals surface area (Å²) in [6.45, 7) is 5.85. The Bertz CT molecular complexity index is 324. The number of carbonyl (C=O) groups is 1. The van der Waals surface area contributed by atoms with Gasteiger partial charge in [0.25, 0.3) is 0 Å². The number of rotatable bonds is 3. The molecule has 1 aromatic rings. The van der Waals surface area contributed by atoms with Crippen LogP contribution < -0.4 is 5.32 Å². The highest BCUT2D eigenvalue weighted by Crippen LogP contribution is 2.22. The SMILES string of the molecule is CC(Br)C(=O)Nc1nnc(C(C)C)s1. The predicted octanol–water partition coefficient (Wildman–Crippen LogP) is 2.38. The average molecular weight is 278 g/mol. The third-order valence-electron chi connectivity index (χ3n) is 1.53. The molecule has 78 valence electrons. The van der Waals surface area contributed by atoms with Gasteiger partial charge in [-0.25, -0.2) is 0 Å². The maximum absolute atomic E-state index is 11.3. The van der Waals surface area contributed by atoms with Gasteiger partial charge in [-0.3, -0.25) is 10.1 Å². The van der Waals surface area contributed by atoms with E-state index in [2.05, 4.69) is 31.4 Å². The maximum Gasteiger partial charge on any atom is 0.239 e. The number of nitrogens with zero attached hydrogens (tertiary/aromatic N) is 2. The first-order valence-electron chi connectivity index (χ1n) is 4.29. The molecule has 1 N–H and O–H groups in total. The van der Waals surface area contributed by atoms with Crippen molar-refractivity contribution in [3.8, 4) is 0 Å². The Morgan fingerprint density at radius 1 is 1.43 bits per heavy atom. The van der Waals surface area contributed by atoms with Crippen LogP contribution in [0.4, 0.5) is 5.13 Å². The fraction of sp³-hybridized carbons (Fsp3) is 0.625. The molecule has 14 heavy (non-hydrogen) atoms. The standard InChI is InChI=1S/C8H12BrN3OS/c1-4(2)7-11-12-8(14-7)10-6(13)5(3)9/h4-5H,1-3H3,(H,10,12,13). The van der Waals surface area contributed by atoms with E-state index in [-0.39, 0.29) is 10.7 Å². The van der Waals surface area contributed by atoms with Crippen LogP contribution in [0.3, 0.4) is 0 Å². The molecule has 0 aliphatic carbocycles. The van der Waals surface area contributed by atoms with Crippen LogP contribution in [-0.4, -0.2) is 20.9 Å². The second-order valence-corrected chi connectivity index (χ2v) is 5.59. The fourth-order valence-corrected chi connectivity index (χ4v) is 1.59. The lowest BCUT2D eigenvalue weighted by Gasteiger charge is -2.01. The summed E-state index contributed by atoms with van der Waals surface area (Å²) in [6, 6.07) is 0. The van der Waals surface area contributed by atoms with Crippen LogP contribution in [0, 0.1) is 0 Å². The number of hydrogen-bond donors (Lipinski definition) is 1. The van der Waals surface area contributed by atoms with Crippen molar-refractivity contribution in [2.24, 2.45) is 0 Å². The van der Waals surface area contributed by atoms with Gasteiger partial charge in [-0.1, -0.05) is 41.1 Å². The van der Waals surface area contributed by atoms with Gasteiger partial charge in [0.15, 0.2) is 0 Å². The van der Waals surface area contributed by atoms with Crippen LogP contribution in [0.25, 0.3) is 0 Å². The normalized spacial score (nSPS) is 12.9. The molecule has 1 amide bonds. The molecule has 0 saturated heterocycles. The minimum atomic E-state index is -0.214. The highest BCUT2D eigenvalue weighted by atomic mass is 79.9. The van der Waals surface area contributed by atoms with Crippen molar-refractivity contribution in [3.63, 3.8) is 0 Å². The van der Waals surface area contributed by atoms with Crippen LogP contribution in [0.5, 0.6) is 0 Å². The highest BCUT2D eigenvalue weighted by Gasteiger charge is 2.13. The van der Waals surface area contributed by atoms with Gasteiger partial charge in [-0.2, -0.15) is 0 Å². The van der Waals surface area contributed by atoms with E-state index in [1.165, 1.54) is 11.3 Å². The molecule has 0 saturated carbocycles. The smallest absolute Gasteiger partial charge is 0.239 e. The average Bonchev–Trinajstić information content (AvgIpc) is 2.52. The minimum absolute atomic E-state index is 0.101. The largest absolute Gasteiger partial charge is 0.300 e. The lowest BCUT2D eigenvalue weighted by Crippen LogP contribution is -2.19. The number of anilines is 1. The molecule has 0 bridgehead atoms. The van der Waals surface area contributed by atoms with Crippen LogP contribution in [0.1, 0.15) is 31.7 Å². The van der Waals surface area contributed by atoms with Crippen molar-refractivity contribution >= 4 is 38.3 Å². The first kappa shape index (κ1) is 11.6. The zero-order valence-corrected chi connectivity index (χ0v) is 10.6. The lowest BCUT2D eigenvalue weighted by atomic mass is 10.2. The van der Waals surface area contributed by atoms with Crippen molar-refractivity contribution < 1.29 is 4.79 Å². The Hall–Kier alpha value is -0.490. The molecular weight excluding hydrogens is 266 g/mol.